The monoisotopic (exact) mass is 264 g/mol. The summed E-state index contributed by atoms with van der Waals surface area (Å²) in [4.78, 5) is 27.6. The molecule has 2 amide bonds. The standard InChI is InChI=1S/C13H20N4O2/c1-8(11(18)17-13(2,3)4)16-12(19)9-6-5-7-15-10(9)14/h5-8H,1-4H3,(H2,14,15)(H,16,19)(H,17,18). The maximum absolute atomic E-state index is 11.9. The molecule has 0 spiro atoms. The second kappa shape index (κ2) is 5.69. The molecular formula is C13H20N4O2. The number of carbonyl (C=O) groups is 2. The molecule has 0 aromatic carbocycles. The van der Waals surface area contributed by atoms with Crippen LogP contribution in [0.3, 0.4) is 0 Å². The molecule has 1 aromatic rings. The molecule has 0 aliphatic carbocycles. The van der Waals surface area contributed by atoms with Crippen molar-refractivity contribution in [2.75, 3.05) is 5.73 Å². The minimum atomic E-state index is -0.647. The summed E-state index contributed by atoms with van der Waals surface area (Å²) in [5.74, 6) is -0.520. The second-order valence-electron chi connectivity index (χ2n) is 5.37. The van der Waals surface area contributed by atoms with Gasteiger partial charge in [-0.2, -0.15) is 0 Å². The number of carbonyl (C=O) groups excluding carboxylic acids is 2. The van der Waals surface area contributed by atoms with Gasteiger partial charge in [0.2, 0.25) is 5.91 Å². The molecule has 0 radical (unpaired) electrons. The summed E-state index contributed by atoms with van der Waals surface area (Å²) in [6.07, 6.45) is 1.50. The van der Waals surface area contributed by atoms with Crippen molar-refractivity contribution < 1.29 is 9.59 Å². The fourth-order valence-electron chi connectivity index (χ4n) is 1.43. The highest BCUT2D eigenvalue weighted by atomic mass is 16.2. The molecule has 1 unspecified atom stereocenters. The Morgan fingerprint density at radius 1 is 1.37 bits per heavy atom. The third-order valence-corrected chi connectivity index (χ3v) is 2.32. The predicted molar refractivity (Wildman–Crippen MR) is 73.5 cm³/mol. The highest BCUT2D eigenvalue weighted by Gasteiger charge is 2.21. The van der Waals surface area contributed by atoms with Crippen LogP contribution < -0.4 is 16.4 Å². The fraction of sp³-hybridized carbons (Fsp3) is 0.462. The summed E-state index contributed by atoms with van der Waals surface area (Å²) in [5.41, 5.74) is 5.52. The Morgan fingerprint density at radius 3 is 2.53 bits per heavy atom. The third kappa shape index (κ3) is 4.57. The molecule has 0 bridgehead atoms. The summed E-state index contributed by atoms with van der Waals surface area (Å²) in [6, 6.07) is 2.53. The van der Waals surface area contributed by atoms with Crippen molar-refractivity contribution in [2.45, 2.75) is 39.3 Å². The van der Waals surface area contributed by atoms with Gasteiger partial charge in [-0.05, 0) is 39.8 Å². The minimum absolute atomic E-state index is 0.142. The number of pyridine rings is 1. The first kappa shape index (κ1) is 14.9. The van der Waals surface area contributed by atoms with Crippen LogP contribution in [0.4, 0.5) is 5.82 Å². The van der Waals surface area contributed by atoms with Gasteiger partial charge in [0.1, 0.15) is 11.9 Å². The highest BCUT2D eigenvalue weighted by molar-refractivity contribution is 6.00. The third-order valence-electron chi connectivity index (χ3n) is 2.32. The van der Waals surface area contributed by atoms with Crippen LogP contribution in [0.2, 0.25) is 0 Å². The van der Waals surface area contributed by atoms with E-state index in [4.69, 9.17) is 5.73 Å². The molecule has 1 atom stereocenters. The number of hydrogen-bond acceptors (Lipinski definition) is 4. The van der Waals surface area contributed by atoms with Crippen molar-refractivity contribution in [2.24, 2.45) is 0 Å². The molecule has 0 saturated heterocycles. The van der Waals surface area contributed by atoms with Crippen molar-refractivity contribution >= 4 is 17.6 Å². The van der Waals surface area contributed by atoms with Gasteiger partial charge in [0, 0.05) is 11.7 Å². The van der Waals surface area contributed by atoms with Gasteiger partial charge in [-0.15, -0.1) is 0 Å². The maximum Gasteiger partial charge on any atom is 0.255 e. The van der Waals surface area contributed by atoms with Crippen LogP contribution in [0.15, 0.2) is 18.3 Å². The van der Waals surface area contributed by atoms with Crippen LogP contribution >= 0.6 is 0 Å². The van der Waals surface area contributed by atoms with Crippen LogP contribution in [0.25, 0.3) is 0 Å². The van der Waals surface area contributed by atoms with Crippen molar-refractivity contribution in [3.8, 4) is 0 Å². The molecule has 0 fully saturated rings. The van der Waals surface area contributed by atoms with E-state index >= 15 is 0 Å². The van der Waals surface area contributed by atoms with Crippen LogP contribution in [0, 0.1) is 0 Å². The Balaban J connectivity index is 2.67. The molecule has 104 valence electrons. The van der Waals surface area contributed by atoms with E-state index in [1.807, 2.05) is 20.8 Å². The summed E-state index contributed by atoms with van der Waals surface area (Å²) >= 11 is 0. The van der Waals surface area contributed by atoms with Crippen molar-refractivity contribution in [3.63, 3.8) is 0 Å². The number of anilines is 1. The van der Waals surface area contributed by atoms with Gasteiger partial charge in [-0.1, -0.05) is 0 Å². The normalized spacial score (nSPS) is 12.6. The fourth-order valence-corrected chi connectivity index (χ4v) is 1.43. The number of amides is 2. The molecule has 0 saturated carbocycles. The molecule has 1 rings (SSSR count). The van der Waals surface area contributed by atoms with Gasteiger partial charge in [-0.3, -0.25) is 9.59 Å². The van der Waals surface area contributed by atoms with E-state index in [1.54, 1.807) is 19.1 Å². The molecule has 0 aliphatic rings. The lowest BCUT2D eigenvalue weighted by molar-refractivity contribution is -0.124. The average molecular weight is 264 g/mol. The van der Waals surface area contributed by atoms with E-state index in [-0.39, 0.29) is 22.8 Å². The number of rotatable bonds is 3. The molecule has 0 aliphatic heterocycles. The quantitative estimate of drug-likeness (QED) is 0.748. The molecule has 4 N–H and O–H groups in total. The number of aromatic nitrogens is 1. The Hall–Kier alpha value is -2.11. The lowest BCUT2D eigenvalue weighted by Crippen LogP contribution is -2.50. The van der Waals surface area contributed by atoms with Crippen LogP contribution in [-0.2, 0) is 4.79 Å². The Labute approximate surface area is 112 Å². The van der Waals surface area contributed by atoms with Gasteiger partial charge in [-0.25, -0.2) is 4.98 Å². The zero-order valence-electron chi connectivity index (χ0n) is 11.7. The number of nitrogen functional groups attached to an aromatic ring is 1. The topological polar surface area (TPSA) is 97.1 Å². The Kier molecular flexibility index (Phi) is 4.47. The second-order valence-corrected chi connectivity index (χ2v) is 5.37. The first-order chi connectivity index (χ1) is 8.70. The van der Waals surface area contributed by atoms with Gasteiger partial charge >= 0.3 is 0 Å². The van der Waals surface area contributed by atoms with E-state index < -0.39 is 11.9 Å². The Bertz CT molecular complexity index is 480. The first-order valence-electron chi connectivity index (χ1n) is 6.04. The van der Waals surface area contributed by atoms with Crippen LogP contribution in [0.1, 0.15) is 38.1 Å². The van der Waals surface area contributed by atoms with Gasteiger partial charge < -0.3 is 16.4 Å². The lowest BCUT2D eigenvalue weighted by Gasteiger charge is -2.23. The predicted octanol–water partition coefficient (Wildman–Crippen LogP) is 0.697. The largest absolute Gasteiger partial charge is 0.383 e. The van der Waals surface area contributed by atoms with Crippen molar-refractivity contribution in [3.05, 3.63) is 23.9 Å². The number of hydrogen-bond donors (Lipinski definition) is 3. The SMILES string of the molecule is CC(NC(=O)c1cccnc1N)C(=O)NC(C)(C)C. The first-order valence-corrected chi connectivity index (χ1v) is 6.04. The van der Waals surface area contributed by atoms with E-state index in [1.165, 1.54) is 6.20 Å². The van der Waals surface area contributed by atoms with Crippen LogP contribution in [-0.4, -0.2) is 28.4 Å². The van der Waals surface area contributed by atoms with E-state index in [0.29, 0.717) is 0 Å². The van der Waals surface area contributed by atoms with Crippen molar-refractivity contribution in [1.29, 1.82) is 0 Å². The average Bonchev–Trinajstić information content (AvgIpc) is 2.27. The number of nitrogens with two attached hydrogens (primary N) is 1. The minimum Gasteiger partial charge on any atom is -0.383 e. The summed E-state index contributed by atoms with van der Waals surface area (Å²) in [5, 5.41) is 5.38. The molecule has 6 heteroatoms. The smallest absolute Gasteiger partial charge is 0.255 e. The molecule has 6 nitrogen and oxygen atoms in total. The van der Waals surface area contributed by atoms with E-state index in [9.17, 15) is 9.59 Å². The number of nitrogens with one attached hydrogen (secondary N) is 2. The van der Waals surface area contributed by atoms with Gasteiger partial charge in [0.25, 0.3) is 5.91 Å². The van der Waals surface area contributed by atoms with Gasteiger partial charge in [0.05, 0.1) is 5.56 Å². The molecular weight excluding hydrogens is 244 g/mol. The lowest BCUT2D eigenvalue weighted by atomic mass is 10.1. The summed E-state index contributed by atoms with van der Waals surface area (Å²) in [6.45, 7) is 7.24. The molecule has 1 heterocycles. The summed E-state index contributed by atoms with van der Waals surface area (Å²) in [7, 11) is 0. The number of nitrogens with zero attached hydrogens (tertiary/aromatic N) is 1. The van der Waals surface area contributed by atoms with E-state index in [2.05, 4.69) is 15.6 Å². The highest BCUT2D eigenvalue weighted by Crippen LogP contribution is 2.07. The van der Waals surface area contributed by atoms with E-state index in [0.717, 1.165) is 0 Å². The Morgan fingerprint density at radius 2 is 2.00 bits per heavy atom. The zero-order chi connectivity index (χ0) is 14.6. The molecule has 19 heavy (non-hydrogen) atoms. The zero-order valence-corrected chi connectivity index (χ0v) is 11.7. The summed E-state index contributed by atoms with van der Waals surface area (Å²) < 4.78 is 0. The van der Waals surface area contributed by atoms with Crippen LogP contribution in [0.5, 0.6) is 0 Å². The maximum atomic E-state index is 11.9. The molecule has 1 aromatic heterocycles. The van der Waals surface area contributed by atoms with Gasteiger partial charge in [0.15, 0.2) is 0 Å². The van der Waals surface area contributed by atoms with Crippen molar-refractivity contribution in [1.82, 2.24) is 15.6 Å².